The molecule has 1 atom stereocenters. The van der Waals surface area contributed by atoms with E-state index < -0.39 is 0 Å². The van der Waals surface area contributed by atoms with E-state index in [1.807, 2.05) is 0 Å². The first-order valence-corrected chi connectivity index (χ1v) is 7.19. The zero-order chi connectivity index (χ0) is 12.1. The molecule has 0 spiro atoms. The molecule has 4 heteroatoms. The van der Waals surface area contributed by atoms with Gasteiger partial charge in [0.2, 0.25) is 0 Å². The Bertz CT molecular complexity index is 311. The van der Waals surface area contributed by atoms with E-state index in [0.29, 0.717) is 0 Å². The summed E-state index contributed by atoms with van der Waals surface area (Å²) in [4.78, 5) is 3.51. The Kier molecular flexibility index (Phi) is 4.98. The van der Waals surface area contributed by atoms with E-state index >= 15 is 0 Å². The number of nitrogens with two attached hydrogens (primary N) is 1. The van der Waals surface area contributed by atoms with Crippen LogP contribution in [0.1, 0.15) is 23.8 Å². The molecule has 1 saturated carbocycles. The summed E-state index contributed by atoms with van der Waals surface area (Å²) in [5, 5.41) is 2.08. The second kappa shape index (κ2) is 6.50. The van der Waals surface area contributed by atoms with Crippen molar-refractivity contribution in [1.82, 2.24) is 4.90 Å². The van der Waals surface area contributed by atoms with Crippen LogP contribution >= 0.6 is 11.3 Å². The number of ether oxygens (including phenoxy) is 1. The second-order valence-corrected chi connectivity index (χ2v) is 5.88. The third kappa shape index (κ3) is 4.76. The highest BCUT2D eigenvalue weighted by Crippen LogP contribution is 2.28. The summed E-state index contributed by atoms with van der Waals surface area (Å²) >= 11 is 1.73. The fraction of sp³-hybridized carbons (Fsp3) is 0.692. The molecule has 0 aromatic carbocycles. The normalized spacial score (nSPS) is 17.6. The van der Waals surface area contributed by atoms with Gasteiger partial charge in [0.15, 0.2) is 0 Å². The van der Waals surface area contributed by atoms with Gasteiger partial charge in [0.1, 0.15) is 0 Å². The minimum Gasteiger partial charge on any atom is -0.380 e. The van der Waals surface area contributed by atoms with Gasteiger partial charge in [-0.05, 0) is 37.3 Å². The Labute approximate surface area is 108 Å². The maximum absolute atomic E-state index is 6.13. The van der Waals surface area contributed by atoms with Gasteiger partial charge in [-0.15, -0.1) is 11.3 Å². The Morgan fingerprint density at radius 1 is 1.59 bits per heavy atom. The van der Waals surface area contributed by atoms with Crippen LogP contribution in [0, 0.1) is 5.92 Å². The van der Waals surface area contributed by atoms with E-state index in [-0.39, 0.29) is 6.04 Å². The van der Waals surface area contributed by atoms with E-state index in [4.69, 9.17) is 10.5 Å². The molecule has 1 aromatic rings. The minimum atomic E-state index is 0.128. The van der Waals surface area contributed by atoms with E-state index in [0.717, 1.165) is 32.2 Å². The molecular weight excluding hydrogens is 232 g/mol. The molecule has 96 valence electrons. The van der Waals surface area contributed by atoms with Crippen molar-refractivity contribution in [2.45, 2.75) is 18.9 Å². The summed E-state index contributed by atoms with van der Waals surface area (Å²) in [6, 6.07) is 4.29. The largest absolute Gasteiger partial charge is 0.380 e. The van der Waals surface area contributed by atoms with Crippen LogP contribution in [0.2, 0.25) is 0 Å². The van der Waals surface area contributed by atoms with Gasteiger partial charge in [0.05, 0.1) is 12.6 Å². The fourth-order valence-electron chi connectivity index (χ4n) is 1.77. The van der Waals surface area contributed by atoms with Crippen molar-refractivity contribution in [3.63, 3.8) is 0 Å². The van der Waals surface area contributed by atoms with Gasteiger partial charge >= 0.3 is 0 Å². The predicted molar refractivity (Wildman–Crippen MR) is 72.3 cm³/mol. The molecule has 0 aliphatic heterocycles. The first-order valence-electron chi connectivity index (χ1n) is 6.31. The maximum Gasteiger partial charge on any atom is 0.0593 e. The second-order valence-electron chi connectivity index (χ2n) is 4.90. The Morgan fingerprint density at radius 3 is 3.06 bits per heavy atom. The summed E-state index contributed by atoms with van der Waals surface area (Å²) in [6.07, 6.45) is 2.72. The molecule has 1 fully saturated rings. The van der Waals surface area contributed by atoms with Crippen molar-refractivity contribution in [3.8, 4) is 0 Å². The van der Waals surface area contributed by atoms with Crippen LogP contribution in [0.25, 0.3) is 0 Å². The van der Waals surface area contributed by atoms with Crippen LogP contribution in [0.4, 0.5) is 0 Å². The highest BCUT2D eigenvalue weighted by atomic mass is 32.1. The average Bonchev–Trinajstić information content (AvgIpc) is 2.95. The van der Waals surface area contributed by atoms with Crippen molar-refractivity contribution in [1.29, 1.82) is 0 Å². The molecular formula is C13H22N2OS. The summed E-state index contributed by atoms with van der Waals surface area (Å²) in [5.41, 5.74) is 6.13. The molecule has 0 bridgehead atoms. The number of hydrogen-bond donors (Lipinski definition) is 1. The lowest BCUT2D eigenvalue weighted by atomic mass is 10.2. The van der Waals surface area contributed by atoms with Gasteiger partial charge in [0, 0.05) is 24.6 Å². The van der Waals surface area contributed by atoms with E-state index in [1.54, 1.807) is 11.3 Å². The lowest BCUT2D eigenvalue weighted by molar-refractivity contribution is 0.102. The van der Waals surface area contributed by atoms with Crippen molar-refractivity contribution in [2.24, 2.45) is 11.7 Å². The molecule has 0 amide bonds. The van der Waals surface area contributed by atoms with Crippen molar-refractivity contribution >= 4 is 11.3 Å². The molecule has 1 heterocycles. The van der Waals surface area contributed by atoms with Gasteiger partial charge in [-0.3, -0.25) is 0 Å². The van der Waals surface area contributed by atoms with E-state index in [1.165, 1.54) is 17.7 Å². The van der Waals surface area contributed by atoms with Crippen LogP contribution in [0.15, 0.2) is 17.5 Å². The maximum atomic E-state index is 6.13. The summed E-state index contributed by atoms with van der Waals surface area (Å²) in [7, 11) is 2.11. The molecule has 2 rings (SSSR count). The SMILES string of the molecule is CN(CCOCC1CC1)CC(N)c1cccs1. The third-order valence-electron chi connectivity index (χ3n) is 3.08. The topological polar surface area (TPSA) is 38.5 Å². The third-order valence-corrected chi connectivity index (χ3v) is 4.09. The molecule has 2 N–H and O–H groups in total. The van der Waals surface area contributed by atoms with E-state index in [2.05, 4.69) is 29.5 Å². The molecule has 1 aromatic heterocycles. The minimum absolute atomic E-state index is 0.128. The first kappa shape index (κ1) is 13.0. The molecule has 1 aliphatic rings. The zero-order valence-electron chi connectivity index (χ0n) is 10.5. The molecule has 17 heavy (non-hydrogen) atoms. The summed E-state index contributed by atoms with van der Waals surface area (Å²) in [6.45, 7) is 3.63. The van der Waals surface area contributed by atoms with Crippen molar-refractivity contribution in [2.75, 3.05) is 33.4 Å². The number of likely N-dealkylation sites (N-methyl/N-ethyl adjacent to an activating group) is 1. The molecule has 0 radical (unpaired) electrons. The lowest BCUT2D eigenvalue weighted by Crippen LogP contribution is -2.31. The Balaban J connectivity index is 1.57. The summed E-state index contributed by atoms with van der Waals surface area (Å²) in [5.74, 6) is 0.855. The number of rotatable bonds is 8. The Morgan fingerprint density at radius 2 is 2.41 bits per heavy atom. The monoisotopic (exact) mass is 254 g/mol. The molecule has 3 nitrogen and oxygen atoms in total. The molecule has 1 aliphatic carbocycles. The van der Waals surface area contributed by atoms with Gasteiger partial charge in [0.25, 0.3) is 0 Å². The van der Waals surface area contributed by atoms with E-state index in [9.17, 15) is 0 Å². The van der Waals surface area contributed by atoms with Gasteiger partial charge < -0.3 is 15.4 Å². The first-order chi connectivity index (χ1) is 8.25. The van der Waals surface area contributed by atoms with Crippen molar-refractivity contribution in [3.05, 3.63) is 22.4 Å². The average molecular weight is 254 g/mol. The van der Waals surface area contributed by atoms with Crippen molar-refractivity contribution < 1.29 is 4.74 Å². The number of nitrogens with zero attached hydrogens (tertiary/aromatic N) is 1. The van der Waals surface area contributed by atoms with Crippen LogP contribution in [0.5, 0.6) is 0 Å². The quantitative estimate of drug-likeness (QED) is 0.722. The number of thiophene rings is 1. The fourth-order valence-corrected chi connectivity index (χ4v) is 2.49. The molecule has 1 unspecified atom stereocenters. The van der Waals surface area contributed by atoms with Crippen LogP contribution in [0.3, 0.4) is 0 Å². The smallest absolute Gasteiger partial charge is 0.0593 e. The van der Waals surface area contributed by atoms with Gasteiger partial charge in [-0.2, -0.15) is 0 Å². The van der Waals surface area contributed by atoms with Gasteiger partial charge in [-0.1, -0.05) is 6.07 Å². The molecule has 0 saturated heterocycles. The predicted octanol–water partition coefficient (Wildman–Crippen LogP) is 2.11. The lowest BCUT2D eigenvalue weighted by Gasteiger charge is -2.20. The van der Waals surface area contributed by atoms with Gasteiger partial charge in [-0.25, -0.2) is 0 Å². The summed E-state index contributed by atoms with van der Waals surface area (Å²) < 4.78 is 5.62. The highest BCUT2D eigenvalue weighted by Gasteiger charge is 2.21. The number of hydrogen-bond acceptors (Lipinski definition) is 4. The highest BCUT2D eigenvalue weighted by molar-refractivity contribution is 7.10. The van der Waals surface area contributed by atoms with Crippen LogP contribution in [-0.4, -0.2) is 38.3 Å². The Hall–Kier alpha value is -0.420. The standard InChI is InChI=1S/C13H22N2OS/c1-15(6-7-16-10-11-4-5-11)9-12(14)13-3-2-8-17-13/h2-3,8,11-12H,4-7,9-10,14H2,1H3. The van der Waals surface area contributed by atoms with Crippen LogP contribution in [-0.2, 0) is 4.74 Å². The zero-order valence-corrected chi connectivity index (χ0v) is 11.3. The van der Waals surface area contributed by atoms with Crippen LogP contribution < -0.4 is 5.73 Å².